The number of benzene rings is 1. The molecule has 3 aliphatic rings. The van der Waals surface area contributed by atoms with Gasteiger partial charge in [0.1, 0.15) is 0 Å². The Morgan fingerprint density at radius 3 is 2.58 bits per heavy atom. The average Bonchev–Trinajstić information content (AvgIpc) is 3.06. The summed E-state index contributed by atoms with van der Waals surface area (Å²) in [5.41, 5.74) is 5.44. The van der Waals surface area contributed by atoms with Crippen molar-refractivity contribution < 1.29 is 4.79 Å². The fourth-order valence-corrected chi connectivity index (χ4v) is 3.58. The van der Waals surface area contributed by atoms with Crippen LogP contribution in [-0.2, 0) is 4.79 Å². The molecule has 94 valence electrons. The van der Waals surface area contributed by atoms with Gasteiger partial charge in [-0.1, -0.05) is 49.3 Å². The predicted octanol–water partition coefficient (Wildman–Crippen LogP) is 4.17. The van der Waals surface area contributed by atoms with E-state index in [0.717, 1.165) is 16.7 Å². The Hall–Kier alpha value is -1.89. The lowest BCUT2D eigenvalue weighted by Gasteiger charge is -2.18. The van der Waals surface area contributed by atoms with Crippen LogP contribution in [0.2, 0.25) is 0 Å². The molecule has 3 aliphatic carbocycles. The van der Waals surface area contributed by atoms with Crippen LogP contribution in [0, 0.1) is 5.92 Å². The number of carbonyl (C=O) groups excluding carboxylic acids is 1. The van der Waals surface area contributed by atoms with Gasteiger partial charge in [-0.2, -0.15) is 0 Å². The van der Waals surface area contributed by atoms with Crippen LogP contribution >= 0.6 is 0 Å². The molecular weight excluding hydrogens is 232 g/mol. The lowest BCUT2D eigenvalue weighted by molar-refractivity contribution is -0.112. The van der Waals surface area contributed by atoms with E-state index in [4.69, 9.17) is 0 Å². The molecule has 1 saturated carbocycles. The second-order valence-electron chi connectivity index (χ2n) is 5.66. The summed E-state index contributed by atoms with van der Waals surface area (Å²) in [5, 5.41) is 0. The first-order chi connectivity index (χ1) is 9.34. The molecular formula is C18H16O. The average molecular weight is 248 g/mol. The Labute approximate surface area is 113 Å². The number of Topliss-reactive ketones (excluding diaryl/α,β-unsaturated/α-hetero) is 1. The van der Waals surface area contributed by atoms with Crippen LogP contribution in [0.15, 0.2) is 47.6 Å². The monoisotopic (exact) mass is 248 g/mol. The molecule has 1 aromatic rings. The molecule has 0 aliphatic heterocycles. The largest absolute Gasteiger partial charge is 0.289 e. The number of rotatable bonds is 1. The maximum absolute atomic E-state index is 12.7. The maximum Gasteiger partial charge on any atom is 0.189 e. The van der Waals surface area contributed by atoms with Gasteiger partial charge >= 0.3 is 0 Å². The van der Waals surface area contributed by atoms with Gasteiger partial charge in [0.25, 0.3) is 0 Å². The third-order valence-corrected chi connectivity index (χ3v) is 4.57. The van der Waals surface area contributed by atoms with Crippen molar-refractivity contribution >= 4 is 17.4 Å². The Kier molecular flexibility index (Phi) is 2.34. The van der Waals surface area contributed by atoms with E-state index in [1.165, 1.54) is 36.8 Å². The van der Waals surface area contributed by atoms with Crippen LogP contribution in [0.4, 0.5) is 0 Å². The van der Waals surface area contributed by atoms with Gasteiger partial charge in [-0.3, -0.25) is 4.79 Å². The molecule has 0 radical (unpaired) electrons. The Morgan fingerprint density at radius 2 is 1.74 bits per heavy atom. The summed E-state index contributed by atoms with van der Waals surface area (Å²) >= 11 is 0. The van der Waals surface area contributed by atoms with Crippen LogP contribution in [0.1, 0.15) is 36.8 Å². The summed E-state index contributed by atoms with van der Waals surface area (Å²) in [4.78, 5) is 12.7. The molecule has 1 aromatic carbocycles. The van der Waals surface area contributed by atoms with Crippen molar-refractivity contribution in [2.75, 3.05) is 0 Å². The van der Waals surface area contributed by atoms with Crippen molar-refractivity contribution in [2.24, 2.45) is 5.92 Å². The van der Waals surface area contributed by atoms with E-state index in [-0.39, 0.29) is 5.78 Å². The fourth-order valence-electron chi connectivity index (χ4n) is 3.58. The molecule has 0 unspecified atom stereocenters. The van der Waals surface area contributed by atoms with E-state index in [1.807, 2.05) is 12.1 Å². The van der Waals surface area contributed by atoms with E-state index < -0.39 is 0 Å². The van der Waals surface area contributed by atoms with Crippen molar-refractivity contribution in [1.82, 2.24) is 0 Å². The summed E-state index contributed by atoms with van der Waals surface area (Å²) in [6.07, 6.45) is 11.2. The minimum absolute atomic E-state index is 0.264. The second-order valence-corrected chi connectivity index (χ2v) is 5.66. The molecule has 0 heterocycles. The zero-order chi connectivity index (χ0) is 12.8. The molecule has 0 saturated heterocycles. The Balaban J connectivity index is 1.79. The molecule has 0 bridgehead atoms. The summed E-state index contributed by atoms with van der Waals surface area (Å²) in [5.74, 6) is 0.760. The van der Waals surface area contributed by atoms with Gasteiger partial charge in [-0.05, 0) is 41.5 Å². The second kappa shape index (κ2) is 4.06. The smallest absolute Gasteiger partial charge is 0.189 e. The topological polar surface area (TPSA) is 17.1 Å². The van der Waals surface area contributed by atoms with Crippen LogP contribution in [0.5, 0.6) is 0 Å². The lowest BCUT2D eigenvalue weighted by atomic mass is 9.84. The van der Waals surface area contributed by atoms with Crippen molar-refractivity contribution in [3.8, 4) is 0 Å². The van der Waals surface area contributed by atoms with E-state index in [0.29, 0.717) is 5.92 Å². The minimum atomic E-state index is 0.264. The fraction of sp³-hybridized carbons (Fsp3) is 0.278. The molecule has 0 N–H and O–H groups in total. The van der Waals surface area contributed by atoms with Gasteiger partial charge in [0, 0.05) is 11.1 Å². The summed E-state index contributed by atoms with van der Waals surface area (Å²) < 4.78 is 0. The van der Waals surface area contributed by atoms with Crippen molar-refractivity contribution in [2.45, 2.75) is 25.7 Å². The third kappa shape index (κ3) is 1.58. The minimum Gasteiger partial charge on any atom is -0.289 e. The van der Waals surface area contributed by atoms with Crippen molar-refractivity contribution in [3.05, 3.63) is 58.7 Å². The van der Waals surface area contributed by atoms with Gasteiger partial charge in [0.15, 0.2) is 5.78 Å². The molecule has 0 aromatic heterocycles. The summed E-state index contributed by atoms with van der Waals surface area (Å²) in [7, 11) is 0. The first-order valence-electron chi connectivity index (χ1n) is 7.12. The number of fused-ring (bicyclic) bond motifs is 3. The molecule has 1 heteroatoms. The SMILES string of the molecule is O=C1C2=Cc3ccccc3C2=CC=C1C1CCCC1. The molecule has 0 atom stereocenters. The molecule has 19 heavy (non-hydrogen) atoms. The molecule has 0 amide bonds. The first kappa shape index (κ1) is 11.0. The van der Waals surface area contributed by atoms with Crippen molar-refractivity contribution in [3.63, 3.8) is 0 Å². The van der Waals surface area contributed by atoms with E-state index in [1.54, 1.807) is 0 Å². The van der Waals surface area contributed by atoms with Gasteiger partial charge < -0.3 is 0 Å². The van der Waals surface area contributed by atoms with Crippen molar-refractivity contribution in [1.29, 1.82) is 0 Å². The Bertz CT molecular complexity index is 652. The van der Waals surface area contributed by atoms with Gasteiger partial charge in [-0.15, -0.1) is 0 Å². The number of allylic oxidation sites excluding steroid dienone is 5. The highest BCUT2D eigenvalue weighted by Gasteiger charge is 2.32. The third-order valence-electron chi connectivity index (χ3n) is 4.57. The van der Waals surface area contributed by atoms with Gasteiger partial charge in [0.2, 0.25) is 0 Å². The predicted molar refractivity (Wildman–Crippen MR) is 77.4 cm³/mol. The van der Waals surface area contributed by atoms with Crippen LogP contribution in [0.3, 0.4) is 0 Å². The summed E-state index contributed by atoms with van der Waals surface area (Å²) in [6.45, 7) is 0. The molecule has 1 fully saturated rings. The zero-order valence-corrected chi connectivity index (χ0v) is 10.9. The molecule has 1 nitrogen and oxygen atoms in total. The maximum atomic E-state index is 12.7. The van der Waals surface area contributed by atoms with Gasteiger partial charge in [-0.25, -0.2) is 0 Å². The standard InChI is InChI=1S/C18H16O/c19-18-15(12-5-1-2-6-12)9-10-16-14-8-4-3-7-13(14)11-17(16)18/h3-4,7-12H,1-2,5-6H2. The van der Waals surface area contributed by atoms with E-state index in [9.17, 15) is 4.79 Å². The van der Waals surface area contributed by atoms with Crippen LogP contribution < -0.4 is 0 Å². The lowest BCUT2D eigenvalue weighted by Crippen LogP contribution is -2.15. The summed E-state index contributed by atoms with van der Waals surface area (Å²) in [6, 6.07) is 8.26. The van der Waals surface area contributed by atoms with Crippen LogP contribution in [-0.4, -0.2) is 5.78 Å². The highest BCUT2D eigenvalue weighted by molar-refractivity contribution is 6.25. The molecule has 4 rings (SSSR count). The first-order valence-corrected chi connectivity index (χ1v) is 7.12. The Morgan fingerprint density at radius 1 is 0.947 bits per heavy atom. The highest BCUT2D eigenvalue weighted by atomic mass is 16.1. The number of hydrogen-bond donors (Lipinski definition) is 0. The molecule has 0 spiro atoms. The zero-order valence-electron chi connectivity index (χ0n) is 10.9. The number of hydrogen-bond acceptors (Lipinski definition) is 1. The van der Waals surface area contributed by atoms with Gasteiger partial charge in [0.05, 0.1) is 0 Å². The van der Waals surface area contributed by atoms with E-state index >= 15 is 0 Å². The highest BCUT2D eigenvalue weighted by Crippen LogP contribution is 2.42. The quantitative estimate of drug-likeness (QED) is 0.729. The number of ketones is 1. The normalized spacial score (nSPS) is 21.7. The number of carbonyl (C=O) groups is 1. The van der Waals surface area contributed by atoms with E-state index in [2.05, 4.69) is 30.4 Å². The van der Waals surface area contributed by atoms with Crippen LogP contribution in [0.25, 0.3) is 11.6 Å².